The van der Waals surface area contributed by atoms with Crippen molar-refractivity contribution in [1.29, 1.82) is 0 Å². The van der Waals surface area contributed by atoms with E-state index in [1.807, 2.05) is 12.1 Å². The van der Waals surface area contributed by atoms with E-state index in [4.69, 9.17) is 9.31 Å². The van der Waals surface area contributed by atoms with Gasteiger partial charge in [-0.05, 0) is 67.7 Å². The quantitative estimate of drug-likeness (QED) is 0.151. The van der Waals surface area contributed by atoms with Crippen molar-refractivity contribution in [2.75, 3.05) is 0 Å². The third-order valence-electron chi connectivity index (χ3n) is 8.25. The van der Waals surface area contributed by atoms with Gasteiger partial charge in [-0.2, -0.15) is 0 Å². The Bertz CT molecular complexity index is 2100. The second kappa shape index (κ2) is 10.7. The number of rotatable bonds is 6. The summed E-state index contributed by atoms with van der Waals surface area (Å²) in [5, 5.41) is 9.27. The van der Waals surface area contributed by atoms with E-state index in [0.29, 0.717) is 0 Å². The summed E-state index contributed by atoms with van der Waals surface area (Å²) in [5.74, 6) is 1.60. The second-order valence-electron chi connectivity index (χ2n) is 10.8. The van der Waals surface area contributed by atoms with Gasteiger partial charge in [0.05, 0.1) is 0 Å². The van der Waals surface area contributed by atoms with Crippen molar-refractivity contribution in [1.82, 2.24) is 0 Å². The lowest BCUT2D eigenvalue weighted by molar-refractivity contribution is 0.465. The van der Waals surface area contributed by atoms with Crippen LogP contribution >= 0.6 is 0 Å². The Kier molecular flexibility index (Phi) is 6.27. The summed E-state index contributed by atoms with van der Waals surface area (Å²) >= 11 is 0. The lowest BCUT2D eigenvalue weighted by atomic mass is 9.91. The Hall–Kier alpha value is -5.54. The Labute approximate surface area is 251 Å². The van der Waals surface area contributed by atoms with Crippen LogP contribution in [0.4, 0.5) is 0 Å². The van der Waals surface area contributed by atoms with Gasteiger partial charge in [-0.1, -0.05) is 133 Å². The van der Waals surface area contributed by atoms with Crippen LogP contribution in [-0.2, 0) is 0 Å². The molecular formula is C40H27BO2. The number of fused-ring (bicyclic) bond motifs is 4. The number of benzene rings is 8. The smallest absolute Gasteiger partial charge is 0.528 e. The first kappa shape index (κ1) is 25.2. The molecule has 0 aliphatic rings. The fourth-order valence-corrected chi connectivity index (χ4v) is 6.38. The predicted octanol–water partition coefficient (Wildman–Crippen LogP) is 10.4. The van der Waals surface area contributed by atoms with Gasteiger partial charge >= 0.3 is 7.69 Å². The third-order valence-corrected chi connectivity index (χ3v) is 8.25. The van der Waals surface area contributed by atoms with Gasteiger partial charge < -0.3 is 9.31 Å². The van der Waals surface area contributed by atoms with E-state index in [1.165, 1.54) is 32.7 Å². The van der Waals surface area contributed by atoms with E-state index in [0.717, 1.165) is 44.2 Å². The summed E-state index contributed by atoms with van der Waals surface area (Å²) in [7, 11) is 0.0837. The molecule has 2 nitrogen and oxygen atoms in total. The van der Waals surface area contributed by atoms with Gasteiger partial charge in [0.2, 0.25) is 0 Å². The van der Waals surface area contributed by atoms with Crippen molar-refractivity contribution >= 4 is 50.8 Å². The van der Waals surface area contributed by atoms with Crippen LogP contribution in [0.2, 0.25) is 0 Å². The van der Waals surface area contributed by atoms with Crippen molar-refractivity contribution in [2.45, 2.75) is 0 Å². The molecule has 0 unspecified atom stereocenters. The van der Waals surface area contributed by atoms with Gasteiger partial charge in [-0.25, -0.2) is 0 Å². The average molecular weight is 550 g/mol. The minimum Gasteiger partial charge on any atom is -0.528 e. The maximum atomic E-state index is 6.49. The SMILES string of the molecule is B(Oc1cccc2cc3ccccc3c(-c3ccccc3)c12)Oc1cccc2cc3ccccc3c(-c3ccccc3)c12. The Morgan fingerprint density at radius 2 is 0.744 bits per heavy atom. The molecule has 0 saturated heterocycles. The van der Waals surface area contributed by atoms with Crippen molar-refractivity contribution in [3.05, 3.63) is 158 Å². The molecule has 0 amide bonds. The molecule has 0 heterocycles. The molecule has 0 spiro atoms. The minimum atomic E-state index is 0.0837. The lowest BCUT2D eigenvalue weighted by Crippen LogP contribution is -2.11. The highest BCUT2D eigenvalue weighted by Gasteiger charge is 2.17. The standard InChI is InChI=1S/C40H27BO2/c1-3-13-27(14-4-1)37-33-21-9-7-17-29(33)25-31-19-11-23-35(39(31)37)42-41-43-36-24-12-20-32-26-30-18-8-10-22-34(30)38(40(32)36)28-15-5-2-6-16-28/h1-26,41H. The fourth-order valence-electron chi connectivity index (χ4n) is 6.38. The normalized spacial score (nSPS) is 11.3. The maximum Gasteiger partial charge on any atom is 0.576 e. The van der Waals surface area contributed by atoms with Crippen LogP contribution in [0.15, 0.2) is 158 Å². The van der Waals surface area contributed by atoms with E-state index in [9.17, 15) is 0 Å². The van der Waals surface area contributed by atoms with E-state index in [1.54, 1.807) is 0 Å². The first-order valence-electron chi connectivity index (χ1n) is 14.6. The molecule has 8 aromatic rings. The fraction of sp³-hybridized carbons (Fsp3) is 0. The summed E-state index contributed by atoms with van der Waals surface area (Å²) < 4.78 is 13.0. The Morgan fingerprint density at radius 1 is 0.349 bits per heavy atom. The van der Waals surface area contributed by atoms with E-state index in [2.05, 4.69) is 146 Å². The molecule has 0 atom stereocenters. The van der Waals surface area contributed by atoms with Crippen molar-refractivity contribution in [2.24, 2.45) is 0 Å². The highest BCUT2D eigenvalue weighted by Crippen LogP contribution is 2.42. The molecule has 43 heavy (non-hydrogen) atoms. The van der Waals surface area contributed by atoms with Crippen LogP contribution < -0.4 is 9.31 Å². The zero-order valence-electron chi connectivity index (χ0n) is 23.5. The third kappa shape index (κ3) is 4.47. The molecular weight excluding hydrogens is 523 g/mol. The van der Waals surface area contributed by atoms with Crippen LogP contribution in [0.25, 0.3) is 65.3 Å². The van der Waals surface area contributed by atoms with Gasteiger partial charge in [0, 0.05) is 21.9 Å². The van der Waals surface area contributed by atoms with Gasteiger partial charge in [-0.3, -0.25) is 0 Å². The highest BCUT2D eigenvalue weighted by atomic mass is 16.6. The van der Waals surface area contributed by atoms with Crippen molar-refractivity contribution in [3.8, 4) is 33.8 Å². The monoisotopic (exact) mass is 550 g/mol. The molecule has 0 fully saturated rings. The van der Waals surface area contributed by atoms with Gasteiger partial charge in [0.1, 0.15) is 11.5 Å². The van der Waals surface area contributed by atoms with Gasteiger partial charge in [0.25, 0.3) is 0 Å². The van der Waals surface area contributed by atoms with Gasteiger partial charge in [-0.15, -0.1) is 0 Å². The molecule has 3 heteroatoms. The summed E-state index contributed by atoms with van der Waals surface area (Å²) in [5.41, 5.74) is 4.67. The first-order valence-corrected chi connectivity index (χ1v) is 14.6. The van der Waals surface area contributed by atoms with Crippen molar-refractivity contribution < 1.29 is 9.31 Å². The predicted molar refractivity (Wildman–Crippen MR) is 182 cm³/mol. The summed E-state index contributed by atoms with van der Waals surface area (Å²) in [6.07, 6.45) is 0. The Morgan fingerprint density at radius 3 is 1.21 bits per heavy atom. The molecule has 0 aromatic heterocycles. The summed E-state index contributed by atoms with van der Waals surface area (Å²) in [6, 6.07) is 55.2. The number of hydrogen-bond donors (Lipinski definition) is 0. The maximum absolute atomic E-state index is 6.49. The second-order valence-corrected chi connectivity index (χ2v) is 10.8. The van der Waals surface area contributed by atoms with Crippen LogP contribution in [-0.4, -0.2) is 7.69 Å². The molecule has 0 aliphatic carbocycles. The minimum absolute atomic E-state index is 0.0837. The lowest BCUT2D eigenvalue weighted by Gasteiger charge is -2.18. The van der Waals surface area contributed by atoms with E-state index >= 15 is 0 Å². The van der Waals surface area contributed by atoms with Crippen LogP contribution in [0.3, 0.4) is 0 Å². The van der Waals surface area contributed by atoms with Crippen molar-refractivity contribution in [3.63, 3.8) is 0 Å². The zero-order chi connectivity index (χ0) is 28.6. The van der Waals surface area contributed by atoms with Crippen LogP contribution in [0.1, 0.15) is 0 Å². The van der Waals surface area contributed by atoms with Gasteiger partial charge in [0.15, 0.2) is 0 Å². The van der Waals surface area contributed by atoms with E-state index < -0.39 is 0 Å². The highest BCUT2D eigenvalue weighted by molar-refractivity contribution is 6.24. The largest absolute Gasteiger partial charge is 0.576 e. The molecule has 0 N–H and O–H groups in total. The molecule has 0 bridgehead atoms. The van der Waals surface area contributed by atoms with Crippen LogP contribution in [0, 0.1) is 0 Å². The zero-order valence-corrected chi connectivity index (χ0v) is 23.5. The first-order chi connectivity index (χ1) is 21.3. The molecule has 202 valence electrons. The molecule has 8 aromatic carbocycles. The summed E-state index contributed by atoms with van der Waals surface area (Å²) in [6.45, 7) is 0. The molecule has 0 radical (unpaired) electrons. The molecule has 8 rings (SSSR count). The summed E-state index contributed by atoms with van der Waals surface area (Å²) in [4.78, 5) is 0. The topological polar surface area (TPSA) is 18.5 Å². The molecule has 0 aliphatic heterocycles. The number of hydrogen-bond acceptors (Lipinski definition) is 2. The molecule has 0 saturated carbocycles. The van der Waals surface area contributed by atoms with Crippen LogP contribution in [0.5, 0.6) is 11.5 Å². The average Bonchev–Trinajstić information content (AvgIpc) is 3.07. The Balaban J connectivity index is 1.23. The van der Waals surface area contributed by atoms with E-state index in [-0.39, 0.29) is 7.69 Å².